The van der Waals surface area contributed by atoms with Crippen LogP contribution < -0.4 is 21.1 Å². The second kappa shape index (κ2) is 13.1. The summed E-state index contributed by atoms with van der Waals surface area (Å²) >= 11 is 0. The molecule has 0 radical (unpaired) electrons. The summed E-state index contributed by atoms with van der Waals surface area (Å²) in [6, 6.07) is 19.4. The summed E-state index contributed by atoms with van der Waals surface area (Å²) in [7, 11) is -3.71. The van der Waals surface area contributed by atoms with Gasteiger partial charge in [0.25, 0.3) is 0 Å². The zero-order chi connectivity index (χ0) is 32.1. The van der Waals surface area contributed by atoms with Gasteiger partial charge in [0, 0.05) is 29.8 Å². The van der Waals surface area contributed by atoms with Crippen LogP contribution >= 0.6 is 0 Å². The number of carbonyl (C=O) groups excluding carboxylic acids is 1. The molecule has 1 amide bonds. The maximum Gasteiger partial charge on any atom is 0.422 e. The Morgan fingerprint density at radius 3 is 2.23 bits per heavy atom. The second-order valence-corrected chi connectivity index (χ2v) is 11.7. The molecule has 1 unspecified atom stereocenters. The normalized spacial score (nSPS) is 12.8. The Bertz CT molecular complexity index is 1760. The highest BCUT2D eigenvalue weighted by Gasteiger charge is 2.29. The number of aromatic nitrogens is 1. The molecule has 0 aliphatic heterocycles. The number of ether oxygens (including phenoxy) is 1. The number of hydrogen-bond acceptors (Lipinski definition) is 6. The standard InChI is InChI=1S/C30H27F4N5O4S/c1-18(19-3-8-22(31)9-4-19)28(40)37-23-10-5-20(6-11-23)21-7-14-27(36-16-21)39-29(35)38-25-13-12-24(44(2,41)42)15-26(25)43-17-30(32,33)34/h3-16,18H,17H2,1-2H3,(H,37,40)(H3,35,36,38,39). The Kier molecular flexibility index (Phi) is 9.53. The minimum atomic E-state index is -4.65. The van der Waals surface area contributed by atoms with E-state index in [0.29, 0.717) is 11.3 Å². The number of amides is 1. The molecule has 4 N–H and O–H groups in total. The number of carbonyl (C=O) groups is 1. The van der Waals surface area contributed by atoms with Crippen LogP contribution in [-0.2, 0) is 14.6 Å². The summed E-state index contributed by atoms with van der Waals surface area (Å²) in [5, 5.41) is 5.44. The largest absolute Gasteiger partial charge is 0.482 e. The van der Waals surface area contributed by atoms with Crippen LogP contribution in [0.2, 0.25) is 0 Å². The number of nitrogens with zero attached hydrogens (tertiary/aromatic N) is 2. The molecule has 0 aliphatic rings. The molecule has 0 bridgehead atoms. The molecular formula is C30H27F4N5O4S. The van der Waals surface area contributed by atoms with Crippen LogP contribution in [0.15, 0.2) is 94.9 Å². The minimum absolute atomic E-state index is 0.0289. The number of nitrogens with two attached hydrogens (primary N) is 1. The van der Waals surface area contributed by atoms with Crippen molar-refractivity contribution in [2.75, 3.05) is 23.5 Å². The maximum absolute atomic E-state index is 13.2. The van der Waals surface area contributed by atoms with Gasteiger partial charge in [-0.2, -0.15) is 18.2 Å². The Morgan fingerprint density at radius 2 is 1.64 bits per heavy atom. The fourth-order valence-corrected chi connectivity index (χ4v) is 4.56. The number of sulfone groups is 1. The molecule has 4 rings (SSSR count). The summed E-state index contributed by atoms with van der Waals surface area (Å²) in [6.07, 6.45) is -2.20. The lowest BCUT2D eigenvalue weighted by Gasteiger charge is -2.15. The highest BCUT2D eigenvalue weighted by molar-refractivity contribution is 7.90. The van der Waals surface area contributed by atoms with E-state index in [9.17, 15) is 30.8 Å². The van der Waals surface area contributed by atoms with Crippen molar-refractivity contribution in [2.45, 2.75) is 23.9 Å². The lowest BCUT2D eigenvalue weighted by Crippen LogP contribution is -2.24. The molecule has 3 aromatic carbocycles. The van der Waals surface area contributed by atoms with Crippen LogP contribution in [0.25, 0.3) is 11.1 Å². The maximum atomic E-state index is 13.2. The van der Waals surface area contributed by atoms with Gasteiger partial charge in [-0.25, -0.2) is 17.8 Å². The first-order chi connectivity index (χ1) is 20.7. The van der Waals surface area contributed by atoms with E-state index in [4.69, 9.17) is 10.5 Å². The number of guanidine groups is 1. The van der Waals surface area contributed by atoms with Gasteiger partial charge in [-0.15, -0.1) is 0 Å². The van der Waals surface area contributed by atoms with Crippen molar-refractivity contribution in [3.8, 4) is 16.9 Å². The molecule has 14 heteroatoms. The molecule has 0 aliphatic carbocycles. The van der Waals surface area contributed by atoms with Crippen molar-refractivity contribution in [1.82, 2.24) is 4.98 Å². The van der Waals surface area contributed by atoms with Crippen LogP contribution in [-0.4, -0.2) is 44.3 Å². The molecular weight excluding hydrogens is 602 g/mol. The van der Waals surface area contributed by atoms with Gasteiger partial charge >= 0.3 is 6.18 Å². The lowest BCUT2D eigenvalue weighted by molar-refractivity contribution is -0.153. The molecule has 0 saturated heterocycles. The summed E-state index contributed by atoms with van der Waals surface area (Å²) in [5.74, 6) is -1.54. The topological polar surface area (TPSA) is 136 Å². The summed E-state index contributed by atoms with van der Waals surface area (Å²) < 4.78 is 79.9. The van der Waals surface area contributed by atoms with Gasteiger partial charge in [-0.05, 0) is 66.6 Å². The zero-order valence-electron chi connectivity index (χ0n) is 23.4. The monoisotopic (exact) mass is 629 g/mol. The molecule has 9 nitrogen and oxygen atoms in total. The molecule has 4 aromatic rings. The Labute approximate surface area is 250 Å². The molecule has 1 heterocycles. The number of benzene rings is 3. The van der Waals surface area contributed by atoms with Gasteiger partial charge in [0.1, 0.15) is 11.6 Å². The average molecular weight is 630 g/mol. The number of hydrogen-bond donors (Lipinski definition) is 3. The molecule has 1 atom stereocenters. The van der Waals surface area contributed by atoms with Crippen molar-refractivity contribution in [3.63, 3.8) is 0 Å². The van der Waals surface area contributed by atoms with Gasteiger partial charge in [0.15, 0.2) is 28.2 Å². The van der Waals surface area contributed by atoms with E-state index in [2.05, 4.69) is 20.6 Å². The average Bonchev–Trinajstić information content (AvgIpc) is 2.96. The first-order valence-electron chi connectivity index (χ1n) is 13.0. The number of nitrogens with one attached hydrogen (secondary N) is 2. The molecule has 230 valence electrons. The first-order valence-corrected chi connectivity index (χ1v) is 14.8. The smallest absolute Gasteiger partial charge is 0.422 e. The number of alkyl halides is 3. The first kappa shape index (κ1) is 31.9. The third kappa shape index (κ3) is 8.77. The van der Waals surface area contributed by atoms with E-state index >= 15 is 0 Å². The SMILES string of the molecule is CC(C(=O)Nc1ccc(-c2ccc(N=C(N)Nc3ccc(S(C)(=O)=O)cc3OCC(F)(F)F)nc2)cc1)c1ccc(F)cc1. The van der Waals surface area contributed by atoms with Crippen molar-refractivity contribution in [1.29, 1.82) is 0 Å². The molecule has 44 heavy (non-hydrogen) atoms. The van der Waals surface area contributed by atoms with Crippen LogP contribution in [0.5, 0.6) is 5.75 Å². The third-order valence-corrected chi connectivity index (χ3v) is 7.38. The Balaban J connectivity index is 1.42. The predicted octanol–water partition coefficient (Wildman–Crippen LogP) is 6.03. The quantitative estimate of drug-likeness (QED) is 0.117. The number of pyridine rings is 1. The third-order valence-electron chi connectivity index (χ3n) is 6.27. The number of halogens is 4. The van der Waals surface area contributed by atoms with Crippen LogP contribution in [0, 0.1) is 5.82 Å². The van der Waals surface area contributed by atoms with Gasteiger partial charge in [-0.3, -0.25) is 4.79 Å². The van der Waals surface area contributed by atoms with E-state index in [-0.39, 0.29) is 39.8 Å². The highest BCUT2D eigenvalue weighted by atomic mass is 32.2. The Morgan fingerprint density at radius 1 is 0.977 bits per heavy atom. The molecule has 0 saturated carbocycles. The van der Waals surface area contributed by atoms with Gasteiger partial charge < -0.3 is 21.1 Å². The van der Waals surface area contributed by atoms with Crippen molar-refractivity contribution in [3.05, 3.63) is 96.4 Å². The molecule has 0 fully saturated rings. The van der Waals surface area contributed by atoms with E-state index in [1.807, 2.05) is 0 Å². The predicted molar refractivity (Wildman–Crippen MR) is 159 cm³/mol. The minimum Gasteiger partial charge on any atom is -0.482 e. The van der Waals surface area contributed by atoms with Crippen LogP contribution in [0.3, 0.4) is 0 Å². The fourth-order valence-electron chi connectivity index (χ4n) is 3.93. The zero-order valence-corrected chi connectivity index (χ0v) is 24.2. The van der Waals surface area contributed by atoms with Crippen LogP contribution in [0.1, 0.15) is 18.4 Å². The summed E-state index contributed by atoms with van der Waals surface area (Å²) in [5.41, 5.74) is 8.69. The number of anilines is 2. The van der Waals surface area contributed by atoms with E-state index < -0.39 is 28.5 Å². The summed E-state index contributed by atoms with van der Waals surface area (Å²) in [4.78, 5) is 20.7. The number of rotatable bonds is 9. The van der Waals surface area contributed by atoms with Crippen molar-refractivity contribution >= 4 is 38.9 Å². The second-order valence-electron chi connectivity index (χ2n) is 9.70. The van der Waals surface area contributed by atoms with Crippen molar-refractivity contribution in [2.24, 2.45) is 10.7 Å². The van der Waals surface area contributed by atoms with E-state index in [0.717, 1.165) is 23.4 Å². The van der Waals surface area contributed by atoms with E-state index in [1.54, 1.807) is 55.5 Å². The molecule has 1 aromatic heterocycles. The van der Waals surface area contributed by atoms with E-state index in [1.165, 1.54) is 30.5 Å². The fraction of sp³-hybridized carbons (Fsp3) is 0.167. The highest BCUT2D eigenvalue weighted by Crippen LogP contribution is 2.30. The van der Waals surface area contributed by atoms with Gasteiger partial charge in [0.2, 0.25) is 5.91 Å². The van der Waals surface area contributed by atoms with Gasteiger partial charge in [0.05, 0.1) is 16.5 Å². The Hall–Kier alpha value is -4.98. The summed E-state index contributed by atoms with van der Waals surface area (Å²) in [6.45, 7) is 0.0850. The van der Waals surface area contributed by atoms with Gasteiger partial charge in [-0.1, -0.05) is 24.3 Å². The number of aliphatic imine (C=N–C) groups is 1. The van der Waals surface area contributed by atoms with Crippen molar-refractivity contribution < 1.29 is 35.5 Å². The van der Waals surface area contributed by atoms with Crippen LogP contribution in [0.4, 0.5) is 34.8 Å². The lowest BCUT2D eigenvalue weighted by atomic mass is 10.00. The molecule has 0 spiro atoms.